The van der Waals surface area contributed by atoms with E-state index in [0.29, 0.717) is 9.36 Å². The summed E-state index contributed by atoms with van der Waals surface area (Å²) in [5.74, 6) is 0. The summed E-state index contributed by atoms with van der Waals surface area (Å²) < 4.78 is 0.673. The van der Waals surface area contributed by atoms with Gasteiger partial charge in [0.05, 0.1) is 4.34 Å². The maximum atomic E-state index is 10.5. The average Bonchev–Trinajstić information content (AvgIpc) is 2.86. The van der Waals surface area contributed by atoms with Gasteiger partial charge >= 0.3 is 0 Å². The minimum Gasteiger partial charge on any atom is -0.383 e. The van der Waals surface area contributed by atoms with Crippen LogP contribution in [0.2, 0.25) is 9.36 Å². The quantitative estimate of drug-likeness (QED) is 0.682. The van der Waals surface area contributed by atoms with Crippen LogP contribution in [0.25, 0.3) is 10.8 Å². The van der Waals surface area contributed by atoms with E-state index in [-0.39, 0.29) is 0 Å². The Labute approximate surface area is 125 Å². The molecule has 1 nitrogen and oxygen atoms in total. The van der Waals surface area contributed by atoms with Crippen molar-refractivity contribution in [1.82, 2.24) is 0 Å². The molecule has 0 saturated carbocycles. The van der Waals surface area contributed by atoms with E-state index in [1.54, 1.807) is 6.07 Å². The lowest BCUT2D eigenvalue weighted by molar-refractivity contribution is 0.226. The third-order valence-corrected chi connectivity index (χ3v) is 4.68. The molecule has 0 aliphatic heterocycles. The number of halogens is 2. The summed E-state index contributed by atoms with van der Waals surface area (Å²) in [5.41, 5.74) is 0.846. The van der Waals surface area contributed by atoms with E-state index in [4.69, 9.17) is 23.2 Å². The predicted octanol–water partition coefficient (Wildman–Crippen LogP) is 5.29. The smallest absolute Gasteiger partial charge is 0.114 e. The topological polar surface area (TPSA) is 20.2 Å². The number of hydrogen-bond donors (Lipinski definition) is 1. The van der Waals surface area contributed by atoms with Crippen molar-refractivity contribution in [3.63, 3.8) is 0 Å². The van der Waals surface area contributed by atoms with Gasteiger partial charge in [-0.3, -0.25) is 0 Å². The van der Waals surface area contributed by atoms with Gasteiger partial charge in [-0.1, -0.05) is 53.5 Å². The predicted molar refractivity (Wildman–Crippen MR) is 82.3 cm³/mol. The summed E-state index contributed by atoms with van der Waals surface area (Å²) in [4.78, 5) is 0.831. The monoisotopic (exact) mass is 308 g/mol. The lowest BCUT2D eigenvalue weighted by Gasteiger charge is -2.13. The van der Waals surface area contributed by atoms with Gasteiger partial charge in [0.25, 0.3) is 0 Å². The Morgan fingerprint density at radius 3 is 2.32 bits per heavy atom. The highest BCUT2D eigenvalue weighted by molar-refractivity contribution is 7.16. The van der Waals surface area contributed by atoms with E-state index in [0.717, 1.165) is 21.2 Å². The van der Waals surface area contributed by atoms with E-state index in [2.05, 4.69) is 0 Å². The average molecular weight is 309 g/mol. The molecule has 1 heterocycles. The minimum absolute atomic E-state index is 0.673. The molecule has 0 bridgehead atoms. The highest BCUT2D eigenvalue weighted by Crippen LogP contribution is 2.36. The number of benzene rings is 2. The Hall–Kier alpha value is -1.06. The van der Waals surface area contributed by atoms with E-state index in [1.165, 1.54) is 11.3 Å². The third kappa shape index (κ3) is 2.37. The van der Waals surface area contributed by atoms with Crippen LogP contribution in [0.5, 0.6) is 0 Å². The number of hydrogen-bond acceptors (Lipinski definition) is 2. The summed E-state index contributed by atoms with van der Waals surface area (Å²) in [5, 5.41) is 13.1. The van der Waals surface area contributed by atoms with Crippen LogP contribution in [0.15, 0.2) is 48.5 Å². The molecule has 1 aromatic heterocycles. The number of fused-ring (bicyclic) bond motifs is 1. The summed E-state index contributed by atoms with van der Waals surface area (Å²) >= 11 is 13.5. The second-order valence-corrected chi connectivity index (χ2v) is 6.38. The Kier molecular flexibility index (Phi) is 3.50. The molecule has 4 heteroatoms. The van der Waals surface area contributed by atoms with Crippen LogP contribution in [-0.2, 0) is 0 Å². The van der Waals surface area contributed by atoms with Gasteiger partial charge in [0.1, 0.15) is 6.10 Å². The molecular weight excluding hydrogens is 299 g/mol. The zero-order chi connectivity index (χ0) is 13.4. The molecule has 3 aromatic rings. The van der Waals surface area contributed by atoms with Crippen LogP contribution in [0.1, 0.15) is 16.5 Å². The first-order chi connectivity index (χ1) is 9.16. The number of aliphatic hydroxyl groups is 1. The van der Waals surface area contributed by atoms with Gasteiger partial charge in [-0.25, -0.2) is 0 Å². The van der Waals surface area contributed by atoms with Gasteiger partial charge in [-0.2, -0.15) is 0 Å². The van der Waals surface area contributed by atoms with Crippen LogP contribution in [-0.4, -0.2) is 5.11 Å². The van der Waals surface area contributed by atoms with Crippen LogP contribution in [0.4, 0.5) is 0 Å². The van der Waals surface area contributed by atoms with Gasteiger partial charge in [0, 0.05) is 15.3 Å². The standard InChI is InChI=1S/C15H10Cl2OS/c16-12-6-5-11(9-3-1-2-4-10(9)12)15(18)13-7-8-14(17)19-13/h1-8,15,18H. The number of rotatable bonds is 2. The van der Waals surface area contributed by atoms with Crippen molar-refractivity contribution in [2.45, 2.75) is 6.10 Å². The summed E-state index contributed by atoms with van der Waals surface area (Å²) in [6.45, 7) is 0. The van der Waals surface area contributed by atoms with E-state index in [9.17, 15) is 5.11 Å². The third-order valence-electron chi connectivity index (χ3n) is 3.06. The Balaban J connectivity index is 2.18. The molecule has 0 saturated heterocycles. The van der Waals surface area contributed by atoms with Gasteiger partial charge in [0.15, 0.2) is 0 Å². The Morgan fingerprint density at radius 2 is 1.63 bits per heavy atom. The first-order valence-corrected chi connectivity index (χ1v) is 7.34. The normalized spacial score (nSPS) is 12.8. The van der Waals surface area contributed by atoms with Crippen molar-refractivity contribution in [3.05, 3.63) is 68.3 Å². The van der Waals surface area contributed by atoms with E-state index < -0.39 is 6.10 Å². The molecule has 1 unspecified atom stereocenters. The lowest BCUT2D eigenvalue weighted by atomic mass is 9.99. The molecule has 0 fully saturated rings. The molecule has 1 atom stereocenters. The van der Waals surface area contributed by atoms with Crippen molar-refractivity contribution in [2.75, 3.05) is 0 Å². The van der Waals surface area contributed by atoms with Crippen molar-refractivity contribution in [2.24, 2.45) is 0 Å². The van der Waals surface area contributed by atoms with Crippen LogP contribution >= 0.6 is 34.5 Å². The van der Waals surface area contributed by atoms with Crippen molar-refractivity contribution in [1.29, 1.82) is 0 Å². The Bertz CT molecular complexity index is 736. The maximum Gasteiger partial charge on any atom is 0.114 e. The van der Waals surface area contributed by atoms with E-state index >= 15 is 0 Å². The fourth-order valence-corrected chi connectivity index (χ4v) is 3.45. The minimum atomic E-state index is -0.681. The highest BCUT2D eigenvalue weighted by atomic mass is 35.5. The molecule has 19 heavy (non-hydrogen) atoms. The van der Waals surface area contributed by atoms with E-state index in [1.807, 2.05) is 42.5 Å². The second-order valence-electron chi connectivity index (χ2n) is 4.23. The number of thiophene rings is 1. The summed E-state index contributed by atoms with van der Waals surface area (Å²) in [7, 11) is 0. The van der Waals surface area contributed by atoms with Crippen molar-refractivity contribution in [3.8, 4) is 0 Å². The fraction of sp³-hybridized carbons (Fsp3) is 0.0667. The molecule has 3 rings (SSSR count). The zero-order valence-electron chi connectivity index (χ0n) is 9.81. The van der Waals surface area contributed by atoms with Gasteiger partial charge in [-0.05, 0) is 29.1 Å². The van der Waals surface area contributed by atoms with Gasteiger partial charge in [-0.15, -0.1) is 11.3 Å². The fourth-order valence-electron chi connectivity index (χ4n) is 2.15. The molecule has 0 radical (unpaired) electrons. The second kappa shape index (κ2) is 5.14. The SMILES string of the molecule is OC(c1ccc(Cl)s1)c1ccc(Cl)c2ccccc12. The van der Waals surface area contributed by atoms with Crippen molar-refractivity contribution < 1.29 is 5.11 Å². The zero-order valence-corrected chi connectivity index (χ0v) is 12.1. The van der Waals surface area contributed by atoms with Crippen LogP contribution < -0.4 is 0 Å². The molecule has 0 amide bonds. The van der Waals surface area contributed by atoms with Crippen molar-refractivity contribution >= 4 is 45.3 Å². The molecular formula is C15H10Cl2OS. The summed E-state index contributed by atoms with van der Waals surface area (Å²) in [6, 6.07) is 15.1. The Morgan fingerprint density at radius 1 is 0.895 bits per heavy atom. The summed E-state index contributed by atoms with van der Waals surface area (Å²) in [6.07, 6.45) is -0.681. The first kappa shape index (κ1) is 12.9. The largest absolute Gasteiger partial charge is 0.383 e. The molecule has 2 aromatic carbocycles. The molecule has 1 N–H and O–H groups in total. The van der Waals surface area contributed by atoms with Crippen LogP contribution in [0.3, 0.4) is 0 Å². The molecule has 0 aliphatic rings. The van der Waals surface area contributed by atoms with Crippen LogP contribution in [0, 0.1) is 0 Å². The maximum absolute atomic E-state index is 10.5. The highest BCUT2D eigenvalue weighted by Gasteiger charge is 2.16. The number of aliphatic hydroxyl groups excluding tert-OH is 1. The molecule has 0 aliphatic carbocycles. The first-order valence-electron chi connectivity index (χ1n) is 5.77. The lowest BCUT2D eigenvalue weighted by Crippen LogP contribution is -1.98. The van der Waals surface area contributed by atoms with Gasteiger partial charge < -0.3 is 5.11 Å². The molecule has 96 valence electrons. The molecule has 0 spiro atoms. The van der Waals surface area contributed by atoms with Gasteiger partial charge in [0.2, 0.25) is 0 Å².